The van der Waals surface area contributed by atoms with Gasteiger partial charge in [0.2, 0.25) is 5.89 Å². The highest BCUT2D eigenvalue weighted by molar-refractivity contribution is 5.94. The van der Waals surface area contributed by atoms with E-state index in [9.17, 15) is 9.90 Å². The number of carbonyl (C=O) groups excluding carboxylic acids is 1. The van der Waals surface area contributed by atoms with E-state index in [0.29, 0.717) is 24.4 Å². The Morgan fingerprint density at radius 3 is 3.00 bits per heavy atom. The normalized spacial score (nSPS) is 10.3. The SMILES string of the molecule is Cc1ccc(C(=O)NCCc2ncno2)cc1O. The van der Waals surface area contributed by atoms with Crippen molar-refractivity contribution < 1.29 is 14.4 Å². The number of aromatic nitrogens is 2. The van der Waals surface area contributed by atoms with E-state index < -0.39 is 0 Å². The first kappa shape index (κ1) is 12.1. The maximum absolute atomic E-state index is 11.7. The van der Waals surface area contributed by atoms with E-state index in [-0.39, 0.29) is 11.7 Å². The van der Waals surface area contributed by atoms with Gasteiger partial charge in [-0.2, -0.15) is 4.98 Å². The highest BCUT2D eigenvalue weighted by atomic mass is 16.5. The summed E-state index contributed by atoms with van der Waals surface area (Å²) in [5.41, 5.74) is 1.15. The van der Waals surface area contributed by atoms with E-state index in [2.05, 4.69) is 15.5 Å². The van der Waals surface area contributed by atoms with Crippen molar-refractivity contribution in [3.63, 3.8) is 0 Å². The molecule has 6 heteroatoms. The maximum Gasteiger partial charge on any atom is 0.251 e. The minimum Gasteiger partial charge on any atom is -0.508 e. The first-order valence-corrected chi connectivity index (χ1v) is 5.50. The molecule has 0 unspecified atom stereocenters. The second-order valence-electron chi connectivity index (χ2n) is 3.84. The molecule has 0 aliphatic heterocycles. The summed E-state index contributed by atoms with van der Waals surface area (Å²) in [6, 6.07) is 4.80. The van der Waals surface area contributed by atoms with E-state index in [0.717, 1.165) is 5.56 Å². The summed E-state index contributed by atoms with van der Waals surface area (Å²) < 4.78 is 4.80. The van der Waals surface area contributed by atoms with Crippen LogP contribution in [0.2, 0.25) is 0 Å². The Hall–Kier alpha value is -2.37. The predicted octanol–water partition coefficient (Wildman–Crippen LogP) is 1.06. The Labute approximate surface area is 104 Å². The van der Waals surface area contributed by atoms with Crippen LogP contribution in [0.1, 0.15) is 21.8 Å². The molecule has 0 saturated heterocycles. The molecule has 0 bridgehead atoms. The second-order valence-corrected chi connectivity index (χ2v) is 3.84. The number of hydrogen-bond acceptors (Lipinski definition) is 5. The number of phenols is 1. The van der Waals surface area contributed by atoms with E-state index in [1.165, 1.54) is 12.4 Å². The quantitative estimate of drug-likeness (QED) is 0.843. The van der Waals surface area contributed by atoms with Crippen LogP contribution in [0.3, 0.4) is 0 Å². The zero-order valence-electron chi connectivity index (χ0n) is 9.88. The fourth-order valence-corrected chi connectivity index (χ4v) is 1.44. The van der Waals surface area contributed by atoms with Gasteiger partial charge >= 0.3 is 0 Å². The molecule has 94 valence electrons. The predicted molar refractivity (Wildman–Crippen MR) is 63.2 cm³/mol. The monoisotopic (exact) mass is 247 g/mol. The molecular formula is C12H13N3O3. The number of aryl methyl sites for hydroxylation is 1. The van der Waals surface area contributed by atoms with Crippen molar-refractivity contribution in [2.75, 3.05) is 6.54 Å². The molecule has 1 aromatic heterocycles. The number of nitrogens with zero attached hydrogens (tertiary/aromatic N) is 2. The highest BCUT2D eigenvalue weighted by Gasteiger charge is 2.07. The Balaban J connectivity index is 1.89. The van der Waals surface area contributed by atoms with Gasteiger partial charge in [0.05, 0.1) is 0 Å². The molecule has 1 amide bonds. The van der Waals surface area contributed by atoms with E-state index in [1.54, 1.807) is 19.1 Å². The third-order valence-corrected chi connectivity index (χ3v) is 2.50. The van der Waals surface area contributed by atoms with Crippen LogP contribution in [0, 0.1) is 6.92 Å². The van der Waals surface area contributed by atoms with E-state index in [1.807, 2.05) is 0 Å². The zero-order valence-corrected chi connectivity index (χ0v) is 9.88. The Morgan fingerprint density at radius 2 is 2.33 bits per heavy atom. The molecule has 0 fully saturated rings. The van der Waals surface area contributed by atoms with Crippen molar-refractivity contribution in [1.82, 2.24) is 15.5 Å². The summed E-state index contributed by atoms with van der Waals surface area (Å²) in [6.45, 7) is 2.17. The van der Waals surface area contributed by atoms with Gasteiger partial charge in [-0.25, -0.2) is 0 Å². The zero-order chi connectivity index (χ0) is 13.0. The Kier molecular flexibility index (Phi) is 3.57. The van der Waals surface area contributed by atoms with Crippen molar-refractivity contribution in [3.05, 3.63) is 41.5 Å². The molecule has 2 rings (SSSR count). The summed E-state index contributed by atoms with van der Waals surface area (Å²) in [4.78, 5) is 15.6. The minimum absolute atomic E-state index is 0.111. The lowest BCUT2D eigenvalue weighted by Crippen LogP contribution is -2.25. The molecule has 0 saturated carbocycles. The number of benzene rings is 1. The summed E-state index contributed by atoms with van der Waals surface area (Å²) in [7, 11) is 0. The molecule has 0 aliphatic rings. The molecule has 0 atom stereocenters. The van der Waals surface area contributed by atoms with E-state index in [4.69, 9.17) is 4.52 Å². The summed E-state index contributed by atoms with van der Waals surface area (Å²) in [5, 5.41) is 15.7. The van der Waals surface area contributed by atoms with Gasteiger partial charge in [-0.05, 0) is 24.6 Å². The summed E-state index contributed by atoms with van der Waals surface area (Å²) in [5.74, 6) is 0.339. The smallest absolute Gasteiger partial charge is 0.251 e. The van der Waals surface area contributed by atoms with Crippen LogP contribution in [-0.4, -0.2) is 27.7 Å². The third-order valence-electron chi connectivity index (χ3n) is 2.50. The molecule has 0 spiro atoms. The lowest BCUT2D eigenvalue weighted by Gasteiger charge is -2.05. The molecule has 0 radical (unpaired) electrons. The molecule has 0 aliphatic carbocycles. The van der Waals surface area contributed by atoms with Crippen LogP contribution >= 0.6 is 0 Å². The molecule has 6 nitrogen and oxygen atoms in total. The van der Waals surface area contributed by atoms with Gasteiger partial charge in [0, 0.05) is 18.5 Å². The van der Waals surface area contributed by atoms with Crippen LogP contribution < -0.4 is 5.32 Å². The van der Waals surface area contributed by atoms with Gasteiger partial charge in [-0.15, -0.1) is 0 Å². The maximum atomic E-state index is 11.7. The van der Waals surface area contributed by atoms with Crippen molar-refractivity contribution in [2.45, 2.75) is 13.3 Å². The van der Waals surface area contributed by atoms with Crippen molar-refractivity contribution in [3.8, 4) is 5.75 Å². The summed E-state index contributed by atoms with van der Waals surface area (Å²) >= 11 is 0. The van der Waals surface area contributed by atoms with Crippen molar-refractivity contribution >= 4 is 5.91 Å². The van der Waals surface area contributed by atoms with Crippen molar-refractivity contribution in [2.24, 2.45) is 0 Å². The largest absolute Gasteiger partial charge is 0.508 e. The summed E-state index contributed by atoms with van der Waals surface area (Å²) in [6.07, 6.45) is 1.79. The number of carbonyl (C=O) groups is 1. The number of phenolic OH excluding ortho intramolecular Hbond substituents is 1. The van der Waals surface area contributed by atoms with Crippen LogP contribution in [-0.2, 0) is 6.42 Å². The minimum atomic E-state index is -0.246. The Bertz CT molecular complexity index is 538. The second kappa shape index (κ2) is 5.31. The Morgan fingerprint density at radius 1 is 1.50 bits per heavy atom. The lowest BCUT2D eigenvalue weighted by molar-refractivity contribution is 0.0953. The standard InChI is InChI=1S/C12H13N3O3/c1-8-2-3-9(6-10(8)16)12(17)13-5-4-11-14-7-15-18-11/h2-3,6-7,16H,4-5H2,1H3,(H,13,17). The first-order valence-electron chi connectivity index (χ1n) is 5.50. The molecule has 2 N–H and O–H groups in total. The van der Waals surface area contributed by atoms with Gasteiger partial charge in [-0.1, -0.05) is 11.2 Å². The van der Waals surface area contributed by atoms with Crippen LogP contribution in [0.15, 0.2) is 29.0 Å². The highest BCUT2D eigenvalue weighted by Crippen LogP contribution is 2.17. The topological polar surface area (TPSA) is 88.3 Å². The number of rotatable bonds is 4. The van der Waals surface area contributed by atoms with Crippen LogP contribution in [0.4, 0.5) is 0 Å². The number of amides is 1. The molecule has 18 heavy (non-hydrogen) atoms. The molecule has 1 heterocycles. The van der Waals surface area contributed by atoms with Gasteiger partial charge < -0.3 is 14.9 Å². The molecule has 2 aromatic rings. The average Bonchev–Trinajstić information content (AvgIpc) is 2.85. The van der Waals surface area contributed by atoms with Gasteiger partial charge in [0.15, 0.2) is 6.33 Å². The third kappa shape index (κ3) is 2.85. The average molecular weight is 247 g/mol. The number of aromatic hydroxyl groups is 1. The number of hydrogen-bond donors (Lipinski definition) is 2. The van der Waals surface area contributed by atoms with Crippen molar-refractivity contribution in [1.29, 1.82) is 0 Å². The van der Waals surface area contributed by atoms with Crippen LogP contribution in [0.5, 0.6) is 5.75 Å². The van der Waals surface area contributed by atoms with Gasteiger partial charge in [-0.3, -0.25) is 4.79 Å². The van der Waals surface area contributed by atoms with Gasteiger partial charge in [0.25, 0.3) is 5.91 Å². The fraction of sp³-hybridized carbons (Fsp3) is 0.250. The molecular weight excluding hydrogens is 234 g/mol. The molecule has 1 aromatic carbocycles. The first-order chi connectivity index (χ1) is 8.66. The lowest BCUT2D eigenvalue weighted by atomic mass is 10.1. The van der Waals surface area contributed by atoms with Crippen LogP contribution in [0.25, 0.3) is 0 Å². The number of nitrogens with one attached hydrogen (secondary N) is 1. The fourth-order valence-electron chi connectivity index (χ4n) is 1.44. The van der Waals surface area contributed by atoms with E-state index >= 15 is 0 Å². The van der Waals surface area contributed by atoms with Gasteiger partial charge in [0.1, 0.15) is 5.75 Å².